The van der Waals surface area contributed by atoms with Crippen LogP contribution in [0.3, 0.4) is 0 Å². The molecule has 1 atom stereocenters. The predicted molar refractivity (Wildman–Crippen MR) is 99.5 cm³/mol. The van der Waals surface area contributed by atoms with E-state index in [9.17, 15) is 4.79 Å². The third-order valence-corrected chi connectivity index (χ3v) is 4.65. The number of aromatic nitrogens is 1. The van der Waals surface area contributed by atoms with Gasteiger partial charge in [-0.2, -0.15) is 0 Å². The number of fused-ring (bicyclic) bond motifs is 3. The number of hydrogen-bond acceptors (Lipinski definition) is 6. The number of benzene rings is 2. The summed E-state index contributed by atoms with van der Waals surface area (Å²) in [6, 6.07) is 11.1. The van der Waals surface area contributed by atoms with Gasteiger partial charge in [0.05, 0.1) is 25.3 Å². The maximum atomic E-state index is 12.2. The molecular weight excluding hydrogens is 346 g/mol. The van der Waals surface area contributed by atoms with E-state index in [0.717, 1.165) is 22.0 Å². The summed E-state index contributed by atoms with van der Waals surface area (Å²) in [7, 11) is 3.20. The number of rotatable bonds is 5. The molecule has 1 aromatic heterocycles. The summed E-state index contributed by atoms with van der Waals surface area (Å²) in [5.41, 5.74) is 3.06. The fourth-order valence-corrected chi connectivity index (χ4v) is 3.23. The van der Waals surface area contributed by atoms with Crippen molar-refractivity contribution < 1.29 is 23.7 Å². The van der Waals surface area contributed by atoms with Crippen molar-refractivity contribution in [2.75, 3.05) is 14.2 Å². The van der Waals surface area contributed by atoms with E-state index in [-0.39, 0.29) is 12.1 Å². The van der Waals surface area contributed by atoms with Crippen LogP contribution in [0.4, 0.5) is 0 Å². The van der Waals surface area contributed by atoms with E-state index in [1.165, 1.54) is 0 Å². The summed E-state index contributed by atoms with van der Waals surface area (Å²) in [5, 5.41) is 0.742. The Morgan fingerprint density at radius 2 is 1.89 bits per heavy atom. The van der Waals surface area contributed by atoms with Gasteiger partial charge in [0.2, 0.25) is 0 Å². The van der Waals surface area contributed by atoms with Gasteiger partial charge in [0.25, 0.3) is 0 Å². The fourth-order valence-electron chi connectivity index (χ4n) is 3.23. The van der Waals surface area contributed by atoms with Gasteiger partial charge in [-0.15, -0.1) is 0 Å². The van der Waals surface area contributed by atoms with Crippen molar-refractivity contribution in [2.45, 2.75) is 19.6 Å². The van der Waals surface area contributed by atoms with Crippen molar-refractivity contribution >= 4 is 16.9 Å². The zero-order valence-corrected chi connectivity index (χ0v) is 15.3. The first-order valence-corrected chi connectivity index (χ1v) is 8.58. The molecule has 2 aromatic carbocycles. The molecule has 0 unspecified atom stereocenters. The van der Waals surface area contributed by atoms with Crippen LogP contribution in [-0.2, 0) is 11.3 Å². The average molecular weight is 365 g/mol. The number of methoxy groups -OCH3 is 2. The lowest BCUT2D eigenvalue weighted by Crippen LogP contribution is -1.99. The van der Waals surface area contributed by atoms with E-state index >= 15 is 0 Å². The first-order chi connectivity index (χ1) is 13.1. The maximum absolute atomic E-state index is 12.2. The van der Waals surface area contributed by atoms with Crippen LogP contribution in [0.2, 0.25) is 0 Å². The molecule has 0 bridgehead atoms. The number of carbonyl (C=O) groups is 1. The highest BCUT2D eigenvalue weighted by Gasteiger charge is 2.30. The Balaban J connectivity index is 1.62. The zero-order valence-electron chi connectivity index (χ0n) is 15.3. The third-order valence-electron chi connectivity index (χ3n) is 4.65. The smallest absolute Gasteiger partial charge is 0.339 e. The molecule has 27 heavy (non-hydrogen) atoms. The number of cyclic esters (lactones) is 1. The molecule has 0 spiro atoms. The van der Waals surface area contributed by atoms with Crippen LogP contribution in [0.25, 0.3) is 10.9 Å². The molecule has 3 aromatic rings. The summed E-state index contributed by atoms with van der Waals surface area (Å²) >= 11 is 0. The second kappa shape index (κ2) is 6.79. The van der Waals surface area contributed by atoms with E-state index in [2.05, 4.69) is 4.98 Å². The Kier molecular flexibility index (Phi) is 4.32. The summed E-state index contributed by atoms with van der Waals surface area (Å²) < 4.78 is 21.8. The molecule has 1 aliphatic heterocycles. The van der Waals surface area contributed by atoms with Gasteiger partial charge in [0, 0.05) is 17.1 Å². The number of hydrogen-bond donors (Lipinski definition) is 0. The van der Waals surface area contributed by atoms with Gasteiger partial charge < -0.3 is 18.9 Å². The molecule has 6 nitrogen and oxygen atoms in total. The Morgan fingerprint density at radius 3 is 2.67 bits per heavy atom. The Bertz CT molecular complexity index is 1030. The van der Waals surface area contributed by atoms with Gasteiger partial charge in [0.1, 0.15) is 18.5 Å². The quantitative estimate of drug-likeness (QED) is 0.635. The molecule has 1 aliphatic rings. The van der Waals surface area contributed by atoms with Gasteiger partial charge in [-0.3, -0.25) is 4.98 Å². The minimum absolute atomic E-state index is 0.277. The van der Waals surface area contributed by atoms with Crippen molar-refractivity contribution in [3.8, 4) is 17.2 Å². The fraction of sp³-hybridized carbons (Fsp3) is 0.238. The number of esters is 1. The molecule has 6 heteroatoms. The van der Waals surface area contributed by atoms with Crippen LogP contribution in [0, 0.1) is 0 Å². The highest BCUT2D eigenvalue weighted by atomic mass is 16.5. The molecule has 0 amide bonds. The number of ether oxygens (including phenoxy) is 4. The molecule has 0 N–H and O–H groups in total. The van der Waals surface area contributed by atoms with Crippen LogP contribution in [-0.4, -0.2) is 25.2 Å². The minimum atomic E-state index is -0.318. The van der Waals surface area contributed by atoms with Crippen molar-refractivity contribution in [1.82, 2.24) is 4.98 Å². The Hall–Kier alpha value is -3.28. The molecule has 0 saturated heterocycles. The van der Waals surface area contributed by atoms with E-state index < -0.39 is 0 Å². The summed E-state index contributed by atoms with van der Waals surface area (Å²) in [5.74, 6) is 1.65. The molecule has 2 heterocycles. The van der Waals surface area contributed by atoms with Crippen molar-refractivity contribution in [1.29, 1.82) is 0 Å². The van der Waals surface area contributed by atoms with Crippen LogP contribution in [0.15, 0.2) is 42.6 Å². The van der Waals surface area contributed by atoms with Crippen LogP contribution < -0.4 is 14.2 Å². The standard InChI is InChI=1S/C21H19NO5/c1-12-16-10-22-17-6-5-14(9-15(17)20(16)21(23)27-12)26-11-13-4-7-18(24-2)19(8-13)25-3/h4-10,12H,11H2,1-3H3/t12-/m0/s1. The molecule has 0 fully saturated rings. The van der Waals surface area contributed by atoms with E-state index in [1.807, 2.05) is 43.3 Å². The molecule has 0 aliphatic carbocycles. The molecule has 0 saturated carbocycles. The van der Waals surface area contributed by atoms with Gasteiger partial charge in [-0.25, -0.2) is 4.79 Å². The van der Waals surface area contributed by atoms with Gasteiger partial charge >= 0.3 is 5.97 Å². The van der Waals surface area contributed by atoms with E-state index in [4.69, 9.17) is 18.9 Å². The second-order valence-corrected chi connectivity index (χ2v) is 6.29. The van der Waals surface area contributed by atoms with Crippen LogP contribution in [0.5, 0.6) is 17.2 Å². The first kappa shape index (κ1) is 17.1. The minimum Gasteiger partial charge on any atom is -0.493 e. The monoisotopic (exact) mass is 365 g/mol. The normalized spacial score (nSPS) is 15.4. The van der Waals surface area contributed by atoms with Crippen molar-refractivity contribution in [3.63, 3.8) is 0 Å². The van der Waals surface area contributed by atoms with Crippen molar-refractivity contribution in [3.05, 3.63) is 59.3 Å². The number of carbonyl (C=O) groups excluding carboxylic acids is 1. The lowest BCUT2D eigenvalue weighted by molar-refractivity contribution is 0.0423. The number of nitrogens with zero attached hydrogens (tertiary/aromatic N) is 1. The predicted octanol–water partition coefficient (Wildman–Crippen LogP) is 4.06. The van der Waals surface area contributed by atoms with Gasteiger partial charge in [-0.05, 0) is 42.8 Å². The van der Waals surface area contributed by atoms with E-state index in [1.54, 1.807) is 20.4 Å². The molecule has 0 radical (unpaired) electrons. The molecule has 4 rings (SSSR count). The first-order valence-electron chi connectivity index (χ1n) is 8.58. The zero-order chi connectivity index (χ0) is 19.0. The SMILES string of the molecule is COc1ccc(COc2ccc3ncc4c(c3c2)C(=O)O[C@H]4C)cc1OC. The lowest BCUT2D eigenvalue weighted by atomic mass is 10.0. The summed E-state index contributed by atoms with van der Waals surface area (Å²) in [6.07, 6.45) is 1.43. The van der Waals surface area contributed by atoms with Crippen molar-refractivity contribution in [2.24, 2.45) is 0 Å². The largest absolute Gasteiger partial charge is 0.493 e. The lowest BCUT2D eigenvalue weighted by Gasteiger charge is -2.11. The average Bonchev–Trinajstić information content (AvgIpc) is 3.00. The maximum Gasteiger partial charge on any atom is 0.339 e. The van der Waals surface area contributed by atoms with E-state index in [0.29, 0.717) is 29.4 Å². The second-order valence-electron chi connectivity index (χ2n) is 6.29. The van der Waals surface area contributed by atoms with Gasteiger partial charge in [-0.1, -0.05) is 6.07 Å². The topological polar surface area (TPSA) is 66.9 Å². The summed E-state index contributed by atoms with van der Waals surface area (Å²) in [6.45, 7) is 2.20. The van der Waals surface area contributed by atoms with Gasteiger partial charge in [0.15, 0.2) is 11.5 Å². The molecule has 138 valence electrons. The summed E-state index contributed by atoms with van der Waals surface area (Å²) in [4.78, 5) is 16.6. The molecular formula is C21H19NO5. The van der Waals surface area contributed by atoms with Crippen LogP contribution >= 0.6 is 0 Å². The Morgan fingerprint density at radius 1 is 1.07 bits per heavy atom. The highest BCUT2D eigenvalue weighted by Crippen LogP contribution is 2.35. The highest BCUT2D eigenvalue weighted by molar-refractivity contribution is 6.06. The number of pyridine rings is 1. The third kappa shape index (κ3) is 3.03. The Labute approximate surface area is 156 Å². The van der Waals surface area contributed by atoms with Crippen LogP contribution in [0.1, 0.15) is 34.5 Å².